The first-order valence-corrected chi connectivity index (χ1v) is 5.84. The van der Waals surface area contributed by atoms with Crippen LogP contribution in [0.5, 0.6) is 5.75 Å². The summed E-state index contributed by atoms with van der Waals surface area (Å²) in [5.41, 5.74) is 1.24. The van der Waals surface area contributed by atoms with Gasteiger partial charge < -0.3 is 9.84 Å². The molecule has 0 aliphatic heterocycles. The van der Waals surface area contributed by atoms with Gasteiger partial charge in [0.25, 0.3) is 0 Å². The van der Waals surface area contributed by atoms with E-state index in [9.17, 15) is 4.79 Å². The number of aryl methyl sites for hydroxylation is 1. The lowest BCUT2D eigenvalue weighted by atomic mass is 10.0. The Morgan fingerprint density at radius 1 is 1.47 bits per heavy atom. The van der Waals surface area contributed by atoms with Crippen molar-refractivity contribution in [2.24, 2.45) is 0 Å². The maximum Gasteiger partial charge on any atom is 0.335 e. The third-order valence-corrected chi connectivity index (χ3v) is 2.92. The van der Waals surface area contributed by atoms with Crippen LogP contribution in [0.25, 0.3) is 0 Å². The van der Waals surface area contributed by atoms with Crippen molar-refractivity contribution in [3.8, 4) is 5.75 Å². The summed E-state index contributed by atoms with van der Waals surface area (Å²) in [6.07, 6.45) is 7.47. The molecule has 90 valence electrons. The average Bonchev–Trinajstić information content (AvgIpc) is 2.33. The molecular weight excluding hydrogens is 216 g/mol. The zero-order valence-electron chi connectivity index (χ0n) is 9.85. The predicted octanol–water partition coefficient (Wildman–Crippen LogP) is 3.18. The van der Waals surface area contributed by atoms with E-state index >= 15 is 0 Å². The SMILES string of the molecule is Cc1ccc(C(=O)O)cc1OC1C=CCCC1. The normalized spacial score (nSPS) is 19.0. The third kappa shape index (κ3) is 2.87. The molecular formula is C14H16O3. The van der Waals surface area contributed by atoms with Gasteiger partial charge in [0.15, 0.2) is 0 Å². The Kier molecular flexibility index (Phi) is 3.47. The molecule has 1 aliphatic rings. The molecule has 0 heterocycles. The largest absolute Gasteiger partial charge is 0.486 e. The number of carboxylic acid groups (broad SMARTS) is 1. The number of hydrogen-bond acceptors (Lipinski definition) is 2. The van der Waals surface area contributed by atoms with Crippen LogP contribution in [0.15, 0.2) is 30.4 Å². The maximum atomic E-state index is 10.9. The van der Waals surface area contributed by atoms with Crippen LogP contribution in [0.1, 0.15) is 35.2 Å². The number of carbonyl (C=O) groups is 1. The second-order valence-electron chi connectivity index (χ2n) is 4.30. The van der Waals surface area contributed by atoms with Crippen LogP contribution >= 0.6 is 0 Å². The Morgan fingerprint density at radius 3 is 2.94 bits per heavy atom. The van der Waals surface area contributed by atoms with Gasteiger partial charge in [-0.1, -0.05) is 12.1 Å². The lowest BCUT2D eigenvalue weighted by Gasteiger charge is -2.20. The van der Waals surface area contributed by atoms with Crippen molar-refractivity contribution >= 4 is 5.97 Å². The highest BCUT2D eigenvalue weighted by atomic mass is 16.5. The van der Waals surface area contributed by atoms with Gasteiger partial charge in [0.1, 0.15) is 11.9 Å². The van der Waals surface area contributed by atoms with E-state index in [-0.39, 0.29) is 11.7 Å². The van der Waals surface area contributed by atoms with Gasteiger partial charge in [-0.3, -0.25) is 0 Å². The second kappa shape index (κ2) is 5.04. The monoisotopic (exact) mass is 232 g/mol. The van der Waals surface area contributed by atoms with Crippen LogP contribution in [0, 0.1) is 6.92 Å². The van der Waals surface area contributed by atoms with E-state index in [1.807, 2.05) is 6.92 Å². The van der Waals surface area contributed by atoms with Gasteiger partial charge in [0, 0.05) is 0 Å². The molecule has 3 nitrogen and oxygen atoms in total. The van der Waals surface area contributed by atoms with Crippen LogP contribution in [0.2, 0.25) is 0 Å². The summed E-state index contributed by atoms with van der Waals surface area (Å²) < 4.78 is 5.83. The van der Waals surface area contributed by atoms with E-state index < -0.39 is 5.97 Å². The molecule has 2 rings (SSSR count). The minimum Gasteiger partial charge on any atom is -0.486 e. The number of benzene rings is 1. The van der Waals surface area contributed by atoms with Crippen LogP contribution in [-0.2, 0) is 0 Å². The highest BCUT2D eigenvalue weighted by molar-refractivity contribution is 5.88. The lowest BCUT2D eigenvalue weighted by molar-refractivity contribution is 0.0696. The summed E-state index contributed by atoms with van der Waals surface area (Å²) >= 11 is 0. The molecule has 1 N–H and O–H groups in total. The molecule has 0 saturated carbocycles. The minimum absolute atomic E-state index is 0.0755. The number of ether oxygens (including phenoxy) is 1. The van der Waals surface area contributed by atoms with E-state index in [1.165, 1.54) is 0 Å². The molecule has 0 fully saturated rings. The van der Waals surface area contributed by atoms with Crippen molar-refractivity contribution in [3.63, 3.8) is 0 Å². The van der Waals surface area contributed by atoms with Gasteiger partial charge >= 0.3 is 5.97 Å². The Bertz CT molecular complexity index is 449. The first kappa shape index (κ1) is 11.7. The Labute approximate surface area is 101 Å². The molecule has 0 saturated heterocycles. The molecule has 1 aliphatic carbocycles. The van der Waals surface area contributed by atoms with Gasteiger partial charge in [-0.15, -0.1) is 0 Å². The third-order valence-electron chi connectivity index (χ3n) is 2.92. The Morgan fingerprint density at radius 2 is 2.29 bits per heavy atom. The van der Waals surface area contributed by atoms with E-state index in [4.69, 9.17) is 9.84 Å². The Balaban J connectivity index is 2.19. The highest BCUT2D eigenvalue weighted by Gasteiger charge is 2.13. The fraction of sp³-hybridized carbons (Fsp3) is 0.357. The fourth-order valence-electron chi connectivity index (χ4n) is 1.90. The summed E-state index contributed by atoms with van der Waals surface area (Å²) in [6.45, 7) is 1.92. The van der Waals surface area contributed by atoms with Crippen molar-refractivity contribution in [2.75, 3.05) is 0 Å². The molecule has 0 amide bonds. The number of rotatable bonds is 3. The molecule has 1 aromatic carbocycles. The van der Waals surface area contributed by atoms with Crippen LogP contribution in [0.3, 0.4) is 0 Å². The number of allylic oxidation sites excluding steroid dienone is 1. The van der Waals surface area contributed by atoms with E-state index in [0.29, 0.717) is 5.75 Å². The van der Waals surface area contributed by atoms with Gasteiger partial charge in [-0.25, -0.2) is 4.79 Å². The molecule has 1 unspecified atom stereocenters. The number of aromatic carboxylic acids is 1. The standard InChI is InChI=1S/C14H16O3/c1-10-7-8-11(14(15)16)9-13(10)17-12-5-3-2-4-6-12/h3,5,7-9,12H,2,4,6H2,1H3,(H,15,16). The molecule has 3 heteroatoms. The van der Waals surface area contributed by atoms with Crippen LogP contribution in [-0.4, -0.2) is 17.2 Å². The average molecular weight is 232 g/mol. The summed E-state index contributed by atoms with van der Waals surface area (Å²) in [5, 5.41) is 8.94. The van der Waals surface area contributed by atoms with Gasteiger partial charge in [0.05, 0.1) is 5.56 Å². The first-order chi connectivity index (χ1) is 8.16. The topological polar surface area (TPSA) is 46.5 Å². The predicted molar refractivity (Wildman–Crippen MR) is 65.5 cm³/mol. The van der Waals surface area contributed by atoms with E-state index in [0.717, 1.165) is 24.8 Å². The summed E-state index contributed by atoms with van der Waals surface area (Å²) in [7, 11) is 0. The molecule has 1 aromatic rings. The number of hydrogen-bond donors (Lipinski definition) is 1. The smallest absolute Gasteiger partial charge is 0.335 e. The lowest BCUT2D eigenvalue weighted by Crippen LogP contribution is -2.16. The minimum atomic E-state index is -0.922. The zero-order chi connectivity index (χ0) is 12.3. The molecule has 0 radical (unpaired) electrons. The van der Waals surface area contributed by atoms with Crippen LogP contribution < -0.4 is 4.74 Å². The van der Waals surface area contributed by atoms with E-state index in [2.05, 4.69) is 12.2 Å². The van der Waals surface area contributed by atoms with Crippen molar-refractivity contribution in [3.05, 3.63) is 41.5 Å². The van der Waals surface area contributed by atoms with Crippen molar-refractivity contribution in [2.45, 2.75) is 32.3 Å². The molecule has 0 spiro atoms. The summed E-state index contributed by atoms with van der Waals surface area (Å²) in [6, 6.07) is 4.98. The number of carboxylic acids is 1. The van der Waals surface area contributed by atoms with Gasteiger partial charge in [-0.2, -0.15) is 0 Å². The van der Waals surface area contributed by atoms with Crippen LogP contribution in [0.4, 0.5) is 0 Å². The van der Waals surface area contributed by atoms with Crippen molar-refractivity contribution in [1.29, 1.82) is 0 Å². The molecule has 0 bridgehead atoms. The second-order valence-corrected chi connectivity index (χ2v) is 4.30. The van der Waals surface area contributed by atoms with Gasteiger partial charge in [-0.05, 0) is 50.0 Å². The molecule has 0 aromatic heterocycles. The Hall–Kier alpha value is -1.77. The highest BCUT2D eigenvalue weighted by Crippen LogP contribution is 2.24. The summed E-state index contributed by atoms with van der Waals surface area (Å²) in [5.74, 6) is -0.254. The summed E-state index contributed by atoms with van der Waals surface area (Å²) in [4.78, 5) is 10.9. The maximum absolute atomic E-state index is 10.9. The fourth-order valence-corrected chi connectivity index (χ4v) is 1.90. The van der Waals surface area contributed by atoms with Gasteiger partial charge in [0.2, 0.25) is 0 Å². The first-order valence-electron chi connectivity index (χ1n) is 5.84. The zero-order valence-corrected chi connectivity index (χ0v) is 9.85. The quantitative estimate of drug-likeness (QED) is 0.814. The van der Waals surface area contributed by atoms with E-state index in [1.54, 1.807) is 18.2 Å². The molecule has 17 heavy (non-hydrogen) atoms. The van der Waals surface area contributed by atoms with Crippen molar-refractivity contribution < 1.29 is 14.6 Å². The van der Waals surface area contributed by atoms with Crippen molar-refractivity contribution in [1.82, 2.24) is 0 Å². The molecule has 1 atom stereocenters.